The lowest BCUT2D eigenvalue weighted by Crippen LogP contribution is -2.35. The summed E-state index contributed by atoms with van der Waals surface area (Å²) in [5.74, 6) is 0.00616. The van der Waals surface area contributed by atoms with Crippen LogP contribution in [0.5, 0.6) is 5.75 Å². The van der Waals surface area contributed by atoms with E-state index in [1.54, 1.807) is 31.2 Å². The van der Waals surface area contributed by atoms with Gasteiger partial charge in [-0.05, 0) is 25.1 Å². The number of ether oxygens (including phenoxy) is 1. The highest BCUT2D eigenvalue weighted by atomic mass is 35.5. The second-order valence-electron chi connectivity index (χ2n) is 4.66. The summed E-state index contributed by atoms with van der Waals surface area (Å²) in [6.07, 6.45) is -0.890. The van der Waals surface area contributed by atoms with Crippen molar-refractivity contribution in [1.82, 2.24) is 15.5 Å². The van der Waals surface area contributed by atoms with E-state index in [4.69, 9.17) is 27.9 Å². The normalized spacial score (nSPS) is 12.0. The van der Waals surface area contributed by atoms with Crippen molar-refractivity contribution in [1.29, 1.82) is 0 Å². The van der Waals surface area contributed by atoms with E-state index in [0.29, 0.717) is 10.8 Å². The number of hydrogen-bond acceptors (Lipinski definition) is 4. The summed E-state index contributed by atoms with van der Waals surface area (Å²) in [4.78, 5) is 11.8. The lowest BCUT2D eigenvalue weighted by molar-refractivity contribution is 0.0840. The minimum Gasteiger partial charge on any atom is -0.489 e. The van der Waals surface area contributed by atoms with Crippen LogP contribution in [-0.4, -0.2) is 40.5 Å². The van der Waals surface area contributed by atoms with Crippen molar-refractivity contribution >= 4 is 29.1 Å². The maximum Gasteiger partial charge on any atom is 0.271 e. The van der Waals surface area contributed by atoms with E-state index in [1.807, 2.05) is 0 Å². The average molecular weight is 344 g/mol. The summed E-state index contributed by atoms with van der Waals surface area (Å²) in [7, 11) is 0. The van der Waals surface area contributed by atoms with E-state index < -0.39 is 6.10 Å². The largest absolute Gasteiger partial charge is 0.489 e. The molecule has 1 atom stereocenters. The number of aromatic nitrogens is 2. The lowest BCUT2D eigenvalue weighted by Gasteiger charge is -2.14. The standard InChI is InChI=1S/C14H15Cl2N3O3/c1-8-5-11(19-18-8)14(21)17-6-9(20)7-22-12-4-2-3-10(15)13(12)16/h2-5,9,20H,6-7H2,1H3,(H,17,21)(H,18,19)/t9-/m0/s1. The molecule has 0 fully saturated rings. The van der Waals surface area contributed by atoms with Gasteiger partial charge in [0.1, 0.15) is 29.2 Å². The predicted octanol–water partition coefficient (Wildman–Crippen LogP) is 2.19. The fourth-order valence-corrected chi connectivity index (χ4v) is 2.02. The average Bonchev–Trinajstić information content (AvgIpc) is 2.93. The van der Waals surface area contributed by atoms with E-state index in [1.165, 1.54) is 0 Å². The Morgan fingerprint density at radius 1 is 1.50 bits per heavy atom. The third kappa shape index (κ3) is 4.37. The van der Waals surface area contributed by atoms with Crippen molar-refractivity contribution in [3.05, 3.63) is 45.7 Å². The molecule has 3 N–H and O–H groups in total. The van der Waals surface area contributed by atoms with E-state index in [2.05, 4.69) is 15.5 Å². The van der Waals surface area contributed by atoms with Gasteiger partial charge in [-0.25, -0.2) is 0 Å². The molecular weight excluding hydrogens is 329 g/mol. The van der Waals surface area contributed by atoms with Gasteiger partial charge in [-0.3, -0.25) is 9.89 Å². The number of aliphatic hydroxyl groups excluding tert-OH is 1. The minimum atomic E-state index is -0.890. The van der Waals surface area contributed by atoms with Crippen LogP contribution in [0.4, 0.5) is 0 Å². The number of nitrogens with zero attached hydrogens (tertiary/aromatic N) is 1. The molecule has 118 valence electrons. The molecule has 0 radical (unpaired) electrons. The summed E-state index contributed by atoms with van der Waals surface area (Å²) in [5.41, 5.74) is 1.05. The molecular formula is C14H15Cl2N3O3. The first-order valence-electron chi connectivity index (χ1n) is 6.52. The number of hydrogen-bond donors (Lipinski definition) is 3. The fourth-order valence-electron chi connectivity index (χ4n) is 1.68. The van der Waals surface area contributed by atoms with Crippen molar-refractivity contribution in [2.45, 2.75) is 13.0 Å². The lowest BCUT2D eigenvalue weighted by atomic mass is 10.3. The van der Waals surface area contributed by atoms with Gasteiger partial charge in [-0.1, -0.05) is 29.3 Å². The highest BCUT2D eigenvalue weighted by Gasteiger charge is 2.13. The molecule has 2 aromatic rings. The van der Waals surface area contributed by atoms with Gasteiger partial charge >= 0.3 is 0 Å². The summed E-state index contributed by atoms with van der Waals surface area (Å²) in [6, 6.07) is 6.59. The predicted molar refractivity (Wildman–Crippen MR) is 83.6 cm³/mol. The Morgan fingerprint density at radius 3 is 2.95 bits per heavy atom. The molecule has 0 aliphatic heterocycles. The van der Waals surface area contributed by atoms with Crippen LogP contribution >= 0.6 is 23.2 Å². The fraction of sp³-hybridized carbons (Fsp3) is 0.286. The number of aliphatic hydroxyl groups is 1. The topological polar surface area (TPSA) is 87.2 Å². The van der Waals surface area contributed by atoms with Crippen LogP contribution in [0.25, 0.3) is 0 Å². The number of aryl methyl sites for hydroxylation is 1. The number of halogens is 2. The second-order valence-corrected chi connectivity index (χ2v) is 5.45. The van der Waals surface area contributed by atoms with Gasteiger partial charge in [0.25, 0.3) is 5.91 Å². The maximum atomic E-state index is 11.8. The molecule has 0 saturated carbocycles. The summed E-state index contributed by atoms with van der Waals surface area (Å²) < 4.78 is 5.38. The summed E-state index contributed by atoms with van der Waals surface area (Å²) in [5, 5.41) is 19.5. The zero-order valence-corrected chi connectivity index (χ0v) is 13.3. The number of carbonyl (C=O) groups is 1. The molecule has 0 aliphatic carbocycles. The summed E-state index contributed by atoms with van der Waals surface area (Å²) >= 11 is 11.8. The first-order valence-corrected chi connectivity index (χ1v) is 7.28. The van der Waals surface area contributed by atoms with Crippen LogP contribution in [0.2, 0.25) is 10.0 Å². The molecule has 0 spiro atoms. The summed E-state index contributed by atoms with van der Waals surface area (Å²) in [6.45, 7) is 1.80. The van der Waals surface area contributed by atoms with E-state index in [0.717, 1.165) is 5.69 Å². The molecule has 2 rings (SSSR count). The highest BCUT2D eigenvalue weighted by Crippen LogP contribution is 2.31. The first kappa shape index (κ1) is 16.6. The van der Waals surface area contributed by atoms with Crippen molar-refractivity contribution in [3.63, 3.8) is 0 Å². The molecule has 6 nitrogen and oxygen atoms in total. The molecule has 1 aromatic heterocycles. The van der Waals surface area contributed by atoms with Crippen LogP contribution < -0.4 is 10.1 Å². The van der Waals surface area contributed by atoms with Gasteiger partial charge < -0.3 is 15.2 Å². The van der Waals surface area contributed by atoms with Crippen molar-refractivity contribution in [2.75, 3.05) is 13.2 Å². The van der Waals surface area contributed by atoms with E-state index in [-0.39, 0.29) is 29.8 Å². The van der Waals surface area contributed by atoms with Crippen LogP contribution in [-0.2, 0) is 0 Å². The van der Waals surface area contributed by atoms with Gasteiger partial charge in [-0.2, -0.15) is 5.10 Å². The van der Waals surface area contributed by atoms with Crippen molar-refractivity contribution in [2.24, 2.45) is 0 Å². The Morgan fingerprint density at radius 2 is 2.27 bits per heavy atom. The molecule has 1 heterocycles. The smallest absolute Gasteiger partial charge is 0.271 e. The van der Waals surface area contributed by atoms with Gasteiger partial charge in [0.2, 0.25) is 0 Å². The van der Waals surface area contributed by atoms with Crippen LogP contribution in [0.3, 0.4) is 0 Å². The minimum absolute atomic E-state index is 0.0278. The third-order valence-electron chi connectivity index (χ3n) is 2.78. The third-order valence-corrected chi connectivity index (χ3v) is 3.59. The number of amides is 1. The van der Waals surface area contributed by atoms with Gasteiger partial charge in [0, 0.05) is 12.2 Å². The van der Waals surface area contributed by atoms with Gasteiger partial charge in [0.15, 0.2) is 0 Å². The Bertz CT molecular complexity index is 661. The Labute approximate surface area is 137 Å². The van der Waals surface area contributed by atoms with E-state index >= 15 is 0 Å². The number of H-pyrrole nitrogens is 1. The highest BCUT2D eigenvalue weighted by molar-refractivity contribution is 6.42. The number of rotatable bonds is 6. The monoisotopic (exact) mass is 343 g/mol. The Kier molecular flexibility index (Phi) is 5.65. The first-order chi connectivity index (χ1) is 10.5. The number of aromatic amines is 1. The zero-order valence-electron chi connectivity index (χ0n) is 11.8. The number of nitrogens with one attached hydrogen (secondary N) is 2. The second kappa shape index (κ2) is 7.49. The molecule has 8 heteroatoms. The van der Waals surface area contributed by atoms with Crippen LogP contribution in [0, 0.1) is 6.92 Å². The van der Waals surface area contributed by atoms with E-state index in [9.17, 15) is 9.90 Å². The number of benzene rings is 1. The van der Waals surface area contributed by atoms with Crippen LogP contribution in [0.15, 0.2) is 24.3 Å². The van der Waals surface area contributed by atoms with Gasteiger partial charge in [0.05, 0.1) is 5.02 Å². The maximum absolute atomic E-state index is 11.8. The molecule has 0 aliphatic rings. The zero-order chi connectivity index (χ0) is 16.1. The molecule has 22 heavy (non-hydrogen) atoms. The Balaban J connectivity index is 1.79. The molecule has 1 amide bonds. The molecule has 0 bridgehead atoms. The van der Waals surface area contributed by atoms with Crippen LogP contribution in [0.1, 0.15) is 16.2 Å². The molecule has 0 unspecified atom stereocenters. The quantitative estimate of drug-likeness (QED) is 0.750. The number of carbonyl (C=O) groups excluding carboxylic acids is 1. The van der Waals surface area contributed by atoms with Crippen molar-refractivity contribution < 1.29 is 14.6 Å². The van der Waals surface area contributed by atoms with Crippen molar-refractivity contribution in [3.8, 4) is 5.75 Å². The molecule has 1 aromatic carbocycles. The Hall–Kier alpha value is -1.76. The molecule has 0 saturated heterocycles. The SMILES string of the molecule is Cc1cc(C(=O)NC[C@H](O)COc2cccc(Cl)c2Cl)n[nH]1. The van der Waals surface area contributed by atoms with Gasteiger partial charge in [-0.15, -0.1) is 0 Å².